The average molecular weight is 247 g/mol. The fraction of sp³-hybridized carbons (Fsp3) is 0.571. The SMILES string of the molecule is CC(C)(N)CC(=O)N(Cc1ccccn1)C1CC1. The molecular formula is C14H21N3O. The fourth-order valence-electron chi connectivity index (χ4n) is 1.96. The molecule has 4 heteroatoms. The zero-order valence-corrected chi connectivity index (χ0v) is 11.1. The Morgan fingerprint density at radius 1 is 1.50 bits per heavy atom. The van der Waals surface area contributed by atoms with E-state index in [1.165, 1.54) is 0 Å². The standard InChI is InChI=1S/C14H21N3O/c1-14(2,15)9-13(18)17(12-6-7-12)10-11-5-3-4-8-16-11/h3-5,8,12H,6-7,9-10,15H2,1-2H3. The van der Waals surface area contributed by atoms with Crippen molar-refractivity contribution < 1.29 is 4.79 Å². The minimum absolute atomic E-state index is 0.135. The van der Waals surface area contributed by atoms with Gasteiger partial charge in [0.25, 0.3) is 0 Å². The molecule has 1 aromatic heterocycles. The van der Waals surface area contributed by atoms with E-state index in [4.69, 9.17) is 5.73 Å². The summed E-state index contributed by atoms with van der Waals surface area (Å²) in [6.07, 6.45) is 4.35. The van der Waals surface area contributed by atoms with Gasteiger partial charge < -0.3 is 10.6 Å². The molecule has 0 unspecified atom stereocenters. The van der Waals surface area contributed by atoms with E-state index in [1.54, 1.807) is 6.20 Å². The number of nitrogens with two attached hydrogens (primary N) is 1. The predicted octanol–water partition coefficient (Wildman–Crippen LogP) is 1.70. The van der Waals surface area contributed by atoms with Crippen LogP contribution < -0.4 is 5.73 Å². The molecule has 1 saturated carbocycles. The van der Waals surface area contributed by atoms with E-state index in [2.05, 4.69) is 4.98 Å². The van der Waals surface area contributed by atoms with Crippen molar-refractivity contribution in [3.63, 3.8) is 0 Å². The predicted molar refractivity (Wildman–Crippen MR) is 70.7 cm³/mol. The molecular weight excluding hydrogens is 226 g/mol. The van der Waals surface area contributed by atoms with Crippen LogP contribution in [0.5, 0.6) is 0 Å². The third kappa shape index (κ3) is 3.81. The van der Waals surface area contributed by atoms with Crippen molar-refractivity contribution in [2.24, 2.45) is 5.73 Å². The largest absolute Gasteiger partial charge is 0.334 e. The Kier molecular flexibility index (Phi) is 3.66. The van der Waals surface area contributed by atoms with Crippen molar-refractivity contribution in [2.75, 3.05) is 0 Å². The molecule has 0 bridgehead atoms. The van der Waals surface area contributed by atoms with E-state index >= 15 is 0 Å². The zero-order valence-electron chi connectivity index (χ0n) is 11.1. The number of hydrogen-bond donors (Lipinski definition) is 1. The van der Waals surface area contributed by atoms with Crippen molar-refractivity contribution in [3.05, 3.63) is 30.1 Å². The third-order valence-corrected chi connectivity index (χ3v) is 2.97. The molecule has 1 aliphatic carbocycles. The van der Waals surface area contributed by atoms with E-state index in [1.807, 2.05) is 36.9 Å². The second-order valence-corrected chi connectivity index (χ2v) is 5.74. The van der Waals surface area contributed by atoms with Gasteiger partial charge >= 0.3 is 0 Å². The van der Waals surface area contributed by atoms with E-state index in [9.17, 15) is 4.79 Å². The second-order valence-electron chi connectivity index (χ2n) is 5.74. The van der Waals surface area contributed by atoms with E-state index in [0.717, 1.165) is 18.5 Å². The molecule has 0 saturated heterocycles. The molecule has 0 aromatic carbocycles. The lowest BCUT2D eigenvalue weighted by Gasteiger charge is -2.26. The molecule has 0 atom stereocenters. The quantitative estimate of drug-likeness (QED) is 0.861. The number of rotatable bonds is 5. The van der Waals surface area contributed by atoms with Gasteiger partial charge in [0.2, 0.25) is 5.91 Å². The summed E-state index contributed by atoms with van der Waals surface area (Å²) in [6, 6.07) is 6.18. The van der Waals surface area contributed by atoms with Gasteiger partial charge in [-0.15, -0.1) is 0 Å². The Labute approximate surface area is 108 Å². The Morgan fingerprint density at radius 2 is 2.22 bits per heavy atom. The van der Waals surface area contributed by atoms with Crippen molar-refractivity contribution in [1.82, 2.24) is 9.88 Å². The first-order valence-electron chi connectivity index (χ1n) is 6.44. The van der Waals surface area contributed by atoms with Gasteiger partial charge in [0, 0.05) is 24.2 Å². The lowest BCUT2D eigenvalue weighted by Crippen LogP contribution is -2.42. The molecule has 18 heavy (non-hydrogen) atoms. The molecule has 0 spiro atoms. The maximum Gasteiger partial charge on any atom is 0.224 e. The van der Waals surface area contributed by atoms with Gasteiger partial charge in [-0.1, -0.05) is 6.07 Å². The van der Waals surface area contributed by atoms with Gasteiger partial charge in [0.1, 0.15) is 0 Å². The minimum Gasteiger partial charge on any atom is -0.334 e. The highest BCUT2D eigenvalue weighted by atomic mass is 16.2. The van der Waals surface area contributed by atoms with Crippen LogP contribution in [0.2, 0.25) is 0 Å². The van der Waals surface area contributed by atoms with Crippen LogP contribution in [0.4, 0.5) is 0 Å². The van der Waals surface area contributed by atoms with Gasteiger partial charge in [0.05, 0.1) is 12.2 Å². The van der Waals surface area contributed by atoms with E-state index in [-0.39, 0.29) is 5.91 Å². The third-order valence-electron chi connectivity index (χ3n) is 2.97. The number of pyridine rings is 1. The summed E-state index contributed by atoms with van der Waals surface area (Å²) in [5, 5.41) is 0. The number of nitrogens with zero attached hydrogens (tertiary/aromatic N) is 2. The first-order valence-corrected chi connectivity index (χ1v) is 6.44. The summed E-state index contributed by atoms with van der Waals surface area (Å²) in [7, 11) is 0. The normalized spacial score (nSPS) is 15.5. The second kappa shape index (κ2) is 5.06. The molecule has 1 heterocycles. The van der Waals surface area contributed by atoms with Gasteiger partial charge in [-0.05, 0) is 38.8 Å². The molecule has 4 nitrogen and oxygen atoms in total. The summed E-state index contributed by atoms with van der Waals surface area (Å²) in [6.45, 7) is 4.37. The van der Waals surface area contributed by atoms with Crippen LogP contribution in [0.3, 0.4) is 0 Å². The highest BCUT2D eigenvalue weighted by molar-refractivity contribution is 5.78. The van der Waals surface area contributed by atoms with Gasteiger partial charge in [-0.3, -0.25) is 9.78 Å². The Balaban J connectivity index is 2.02. The van der Waals surface area contributed by atoms with E-state index in [0.29, 0.717) is 19.0 Å². The van der Waals surface area contributed by atoms with Crippen molar-refractivity contribution in [2.45, 2.75) is 51.2 Å². The molecule has 2 N–H and O–H groups in total. The minimum atomic E-state index is -0.450. The van der Waals surface area contributed by atoms with Crippen LogP contribution in [0.25, 0.3) is 0 Å². The molecule has 1 amide bonds. The number of aromatic nitrogens is 1. The van der Waals surface area contributed by atoms with E-state index < -0.39 is 5.54 Å². The van der Waals surface area contributed by atoms with Gasteiger partial charge in [-0.2, -0.15) is 0 Å². The lowest BCUT2D eigenvalue weighted by atomic mass is 10.0. The first kappa shape index (κ1) is 13.0. The number of carbonyl (C=O) groups excluding carboxylic acids is 1. The van der Waals surface area contributed by atoms with Gasteiger partial charge in [0.15, 0.2) is 0 Å². The summed E-state index contributed by atoms with van der Waals surface area (Å²) < 4.78 is 0. The Bertz CT molecular complexity index is 407. The highest BCUT2D eigenvalue weighted by Gasteiger charge is 2.34. The summed E-state index contributed by atoms with van der Waals surface area (Å²) in [5.41, 5.74) is 6.41. The lowest BCUT2D eigenvalue weighted by molar-refractivity contribution is -0.133. The molecule has 1 aliphatic rings. The Hall–Kier alpha value is -1.42. The summed E-state index contributed by atoms with van der Waals surface area (Å²) >= 11 is 0. The smallest absolute Gasteiger partial charge is 0.224 e. The topological polar surface area (TPSA) is 59.2 Å². The maximum absolute atomic E-state index is 12.3. The van der Waals surface area contributed by atoms with Crippen LogP contribution in [0, 0.1) is 0 Å². The highest BCUT2D eigenvalue weighted by Crippen LogP contribution is 2.29. The van der Waals surface area contributed by atoms with Crippen LogP contribution in [0.1, 0.15) is 38.8 Å². The van der Waals surface area contributed by atoms with Crippen molar-refractivity contribution in [3.8, 4) is 0 Å². The van der Waals surface area contributed by atoms with Crippen LogP contribution in [-0.2, 0) is 11.3 Å². The van der Waals surface area contributed by atoms with Gasteiger partial charge in [-0.25, -0.2) is 0 Å². The molecule has 2 rings (SSSR count). The Morgan fingerprint density at radius 3 is 2.72 bits per heavy atom. The zero-order chi connectivity index (χ0) is 13.2. The number of amides is 1. The number of carbonyl (C=O) groups is 1. The number of hydrogen-bond acceptors (Lipinski definition) is 3. The summed E-state index contributed by atoms with van der Waals surface area (Å²) in [5.74, 6) is 0.135. The molecule has 1 fully saturated rings. The van der Waals surface area contributed by atoms with Crippen LogP contribution >= 0.6 is 0 Å². The van der Waals surface area contributed by atoms with Crippen molar-refractivity contribution >= 4 is 5.91 Å². The molecule has 98 valence electrons. The maximum atomic E-state index is 12.3. The van der Waals surface area contributed by atoms with Crippen molar-refractivity contribution in [1.29, 1.82) is 0 Å². The molecule has 1 aromatic rings. The fourth-order valence-corrected chi connectivity index (χ4v) is 1.96. The van der Waals surface area contributed by atoms with Crippen LogP contribution in [-0.4, -0.2) is 27.4 Å². The molecule has 0 radical (unpaired) electrons. The average Bonchev–Trinajstić information content (AvgIpc) is 3.08. The molecule has 0 aliphatic heterocycles. The van der Waals surface area contributed by atoms with Crippen LogP contribution in [0.15, 0.2) is 24.4 Å². The summed E-state index contributed by atoms with van der Waals surface area (Å²) in [4.78, 5) is 18.5. The monoisotopic (exact) mass is 247 g/mol. The first-order chi connectivity index (χ1) is 8.46.